The number of hydrogen-bond acceptors (Lipinski definition) is 3. The molecule has 1 aromatic heterocycles. The fourth-order valence-electron chi connectivity index (χ4n) is 4.44. The van der Waals surface area contributed by atoms with Crippen molar-refractivity contribution in [3.63, 3.8) is 0 Å². The molecule has 2 heterocycles. The summed E-state index contributed by atoms with van der Waals surface area (Å²) in [7, 11) is 0. The minimum atomic E-state index is -0.0595. The second-order valence-corrected chi connectivity index (χ2v) is 7.78. The van der Waals surface area contributed by atoms with E-state index in [-0.39, 0.29) is 11.9 Å². The number of nitrogens with zero attached hydrogens (tertiary/aromatic N) is 2. The number of rotatable bonds is 5. The van der Waals surface area contributed by atoms with Gasteiger partial charge in [0.1, 0.15) is 11.6 Å². The first kappa shape index (κ1) is 18.0. The van der Waals surface area contributed by atoms with Crippen LogP contribution in [0.4, 0.5) is 0 Å². The lowest BCUT2D eigenvalue weighted by atomic mass is 10.0. The molecule has 3 aromatic rings. The Hall–Kier alpha value is -3.08. The SMILES string of the molecule is CCOc1cccc(C(=O)NC2CCc3ccc(-c4cn5c(n4)CCC5)cc32)c1. The molecule has 0 bridgehead atoms. The Morgan fingerprint density at radius 2 is 2.17 bits per heavy atom. The fourth-order valence-corrected chi connectivity index (χ4v) is 4.44. The normalized spacial score (nSPS) is 17.1. The fraction of sp³-hybridized carbons (Fsp3) is 0.333. The lowest BCUT2D eigenvalue weighted by Crippen LogP contribution is -2.27. The minimum absolute atomic E-state index is 0.0302. The quantitative estimate of drug-likeness (QED) is 0.710. The Labute approximate surface area is 170 Å². The van der Waals surface area contributed by atoms with E-state index in [2.05, 4.69) is 34.3 Å². The topological polar surface area (TPSA) is 56.1 Å². The van der Waals surface area contributed by atoms with Gasteiger partial charge in [-0.05, 0) is 61.6 Å². The number of benzene rings is 2. The van der Waals surface area contributed by atoms with Gasteiger partial charge in [-0.15, -0.1) is 0 Å². The maximum absolute atomic E-state index is 12.8. The molecule has 0 fully saturated rings. The molecule has 5 rings (SSSR count). The standard InChI is InChI=1S/C24H25N3O2/c1-2-29-19-6-3-5-18(13-19)24(28)26-21-11-10-16-8-9-17(14-20(16)21)22-15-27-12-4-7-23(27)25-22/h3,5-6,8-9,13-15,21H,2,4,7,10-12H2,1H3,(H,26,28). The first-order chi connectivity index (χ1) is 14.2. The minimum Gasteiger partial charge on any atom is -0.494 e. The van der Waals surface area contributed by atoms with Gasteiger partial charge in [-0.25, -0.2) is 4.98 Å². The van der Waals surface area contributed by atoms with Crippen LogP contribution in [0.2, 0.25) is 0 Å². The highest BCUT2D eigenvalue weighted by Crippen LogP contribution is 2.35. The van der Waals surface area contributed by atoms with Crippen LogP contribution in [0.3, 0.4) is 0 Å². The number of fused-ring (bicyclic) bond motifs is 2. The molecule has 0 spiro atoms. The van der Waals surface area contributed by atoms with Crippen molar-refractivity contribution in [1.82, 2.24) is 14.9 Å². The summed E-state index contributed by atoms with van der Waals surface area (Å²) in [6.45, 7) is 3.59. The number of hydrogen-bond donors (Lipinski definition) is 1. The highest BCUT2D eigenvalue weighted by molar-refractivity contribution is 5.95. The van der Waals surface area contributed by atoms with Crippen molar-refractivity contribution in [2.75, 3.05) is 6.61 Å². The number of amides is 1. The van der Waals surface area contributed by atoms with Gasteiger partial charge in [-0.2, -0.15) is 0 Å². The average molecular weight is 387 g/mol. The van der Waals surface area contributed by atoms with Crippen LogP contribution >= 0.6 is 0 Å². The van der Waals surface area contributed by atoms with E-state index in [0.717, 1.165) is 42.8 Å². The van der Waals surface area contributed by atoms with Gasteiger partial charge in [0.25, 0.3) is 5.91 Å². The highest BCUT2D eigenvalue weighted by atomic mass is 16.5. The lowest BCUT2D eigenvalue weighted by Gasteiger charge is -2.15. The van der Waals surface area contributed by atoms with Gasteiger partial charge in [-0.1, -0.05) is 18.2 Å². The van der Waals surface area contributed by atoms with Gasteiger partial charge in [0, 0.05) is 30.3 Å². The molecule has 0 radical (unpaired) electrons. The van der Waals surface area contributed by atoms with Crippen molar-refractivity contribution < 1.29 is 9.53 Å². The molecule has 5 heteroatoms. The number of aromatic nitrogens is 2. The summed E-state index contributed by atoms with van der Waals surface area (Å²) in [5.74, 6) is 1.84. The van der Waals surface area contributed by atoms with Gasteiger partial charge < -0.3 is 14.6 Å². The van der Waals surface area contributed by atoms with Gasteiger partial charge in [0.15, 0.2) is 0 Å². The van der Waals surface area contributed by atoms with E-state index >= 15 is 0 Å². The molecule has 1 atom stereocenters. The van der Waals surface area contributed by atoms with Crippen LogP contribution in [-0.4, -0.2) is 22.1 Å². The lowest BCUT2D eigenvalue weighted by molar-refractivity contribution is 0.0936. The molecular formula is C24H25N3O2. The molecule has 1 aliphatic carbocycles. The summed E-state index contributed by atoms with van der Waals surface area (Å²) < 4.78 is 7.78. The zero-order valence-corrected chi connectivity index (χ0v) is 16.6. The molecule has 1 N–H and O–H groups in total. The second kappa shape index (κ2) is 7.39. The van der Waals surface area contributed by atoms with E-state index in [4.69, 9.17) is 9.72 Å². The van der Waals surface area contributed by atoms with Crippen LogP contribution in [0, 0.1) is 0 Å². The van der Waals surface area contributed by atoms with Crippen molar-refractivity contribution in [3.8, 4) is 17.0 Å². The Morgan fingerprint density at radius 3 is 3.03 bits per heavy atom. The Morgan fingerprint density at radius 1 is 1.24 bits per heavy atom. The predicted octanol–water partition coefficient (Wildman–Crippen LogP) is 4.31. The van der Waals surface area contributed by atoms with E-state index in [9.17, 15) is 4.79 Å². The monoisotopic (exact) mass is 387 g/mol. The Balaban J connectivity index is 1.37. The summed E-state index contributed by atoms with van der Waals surface area (Å²) in [6, 6.07) is 14.0. The third-order valence-corrected chi connectivity index (χ3v) is 5.89. The summed E-state index contributed by atoms with van der Waals surface area (Å²) in [5, 5.41) is 3.22. The van der Waals surface area contributed by atoms with E-state index in [1.54, 1.807) is 6.07 Å². The molecular weight excluding hydrogens is 362 g/mol. The van der Waals surface area contributed by atoms with Crippen molar-refractivity contribution in [2.24, 2.45) is 0 Å². The van der Waals surface area contributed by atoms with Crippen LogP contribution in [0.15, 0.2) is 48.7 Å². The molecule has 5 nitrogen and oxygen atoms in total. The highest BCUT2D eigenvalue weighted by Gasteiger charge is 2.25. The van der Waals surface area contributed by atoms with E-state index in [1.165, 1.54) is 23.4 Å². The molecule has 0 saturated heterocycles. The summed E-state index contributed by atoms with van der Waals surface area (Å²) in [5.41, 5.74) is 5.32. The summed E-state index contributed by atoms with van der Waals surface area (Å²) >= 11 is 0. The molecule has 1 unspecified atom stereocenters. The van der Waals surface area contributed by atoms with Crippen molar-refractivity contribution in [2.45, 2.75) is 45.2 Å². The van der Waals surface area contributed by atoms with Crippen LogP contribution in [0.1, 0.15) is 53.1 Å². The van der Waals surface area contributed by atoms with Gasteiger partial charge in [0.05, 0.1) is 18.3 Å². The third kappa shape index (κ3) is 3.41. The maximum Gasteiger partial charge on any atom is 0.251 e. The van der Waals surface area contributed by atoms with Crippen molar-refractivity contribution in [3.05, 3.63) is 71.2 Å². The van der Waals surface area contributed by atoms with Crippen molar-refractivity contribution >= 4 is 5.91 Å². The molecule has 2 aromatic carbocycles. The Kier molecular flexibility index (Phi) is 4.58. The van der Waals surface area contributed by atoms with E-state index < -0.39 is 0 Å². The van der Waals surface area contributed by atoms with Crippen LogP contribution in [0.5, 0.6) is 5.75 Å². The first-order valence-corrected chi connectivity index (χ1v) is 10.4. The second-order valence-electron chi connectivity index (χ2n) is 7.78. The number of imidazole rings is 1. The maximum atomic E-state index is 12.8. The molecule has 0 saturated carbocycles. The van der Waals surface area contributed by atoms with Gasteiger partial charge >= 0.3 is 0 Å². The number of nitrogens with one attached hydrogen (secondary N) is 1. The van der Waals surface area contributed by atoms with E-state index in [1.807, 2.05) is 25.1 Å². The van der Waals surface area contributed by atoms with Crippen LogP contribution in [0.25, 0.3) is 11.3 Å². The summed E-state index contributed by atoms with van der Waals surface area (Å²) in [4.78, 5) is 17.6. The van der Waals surface area contributed by atoms with Crippen LogP contribution < -0.4 is 10.1 Å². The van der Waals surface area contributed by atoms with Gasteiger partial charge in [-0.3, -0.25) is 4.79 Å². The first-order valence-electron chi connectivity index (χ1n) is 10.4. The van der Waals surface area contributed by atoms with E-state index in [0.29, 0.717) is 12.2 Å². The molecule has 29 heavy (non-hydrogen) atoms. The Bertz CT molecular complexity index is 1050. The van der Waals surface area contributed by atoms with Crippen LogP contribution in [-0.2, 0) is 19.4 Å². The number of ether oxygens (including phenoxy) is 1. The molecule has 1 amide bonds. The average Bonchev–Trinajstić information content (AvgIpc) is 3.43. The largest absolute Gasteiger partial charge is 0.494 e. The zero-order valence-electron chi connectivity index (χ0n) is 16.6. The third-order valence-electron chi connectivity index (χ3n) is 5.89. The molecule has 2 aliphatic rings. The number of carbonyl (C=O) groups is 1. The number of carbonyl (C=O) groups excluding carboxylic acids is 1. The summed E-state index contributed by atoms with van der Waals surface area (Å²) in [6.07, 6.45) is 6.32. The van der Waals surface area contributed by atoms with Gasteiger partial charge in [0.2, 0.25) is 0 Å². The zero-order chi connectivity index (χ0) is 19.8. The predicted molar refractivity (Wildman–Crippen MR) is 112 cm³/mol. The van der Waals surface area contributed by atoms with Crippen molar-refractivity contribution in [1.29, 1.82) is 0 Å². The smallest absolute Gasteiger partial charge is 0.251 e. The molecule has 1 aliphatic heterocycles. The molecule has 148 valence electrons. The number of aryl methyl sites for hydroxylation is 3.